The van der Waals surface area contributed by atoms with Crippen molar-refractivity contribution in [2.24, 2.45) is 7.05 Å². The van der Waals surface area contributed by atoms with Gasteiger partial charge in [0, 0.05) is 19.0 Å². The molecule has 3 heterocycles. The Balaban J connectivity index is 1.81. The lowest BCUT2D eigenvalue weighted by Gasteiger charge is -2.12. The molecule has 1 atom stereocenters. The number of hydrogen-bond donors (Lipinski definition) is 0. The highest BCUT2D eigenvalue weighted by Crippen LogP contribution is 2.48. The maximum Gasteiger partial charge on any atom is 0.433 e. The third-order valence-electron chi connectivity index (χ3n) is 5.15. The second kappa shape index (κ2) is 7.49. The van der Waals surface area contributed by atoms with E-state index >= 15 is 0 Å². The van der Waals surface area contributed by atoms with Crippen molar-refractivity contribution in [1.82, 2.24) is 29.7 Å². The van der Waals surface area contributed by atoms with E-state index in [9.17, 15) is 22.6 Å². The van der Waals surface area contributed by atoms with Gasteiger partial charge in [0.25, 0.3) is 0 Å². The topological polar surface area (TPSA) is 110 Å². The molecule has 3 aromatic rings. The van der Waals surface area contributed by atoms with Gasteiger partial charge in [-0.25, -0.2) is 9.97 Å². The highest BCUT2D eigenvalue weighted by Gasteiger charge is 2.45. The molecule has 0 N–H and O–H groups in total. The van der Waals surface area contributed by atoms with Crippen LogP contribution in [-0.2, 0) is 29.4 Å². The molecule has 1 aliphatic rings. The summed E-state index contributed by atoms with van der Waals surface area (Å²) in [6, 6.07) is 4.79. The highest BCUT2D eigenvalue weighted by molar-refractivity contribution is 7.85. The fourth-order valence-corrected chi connectivity index (χ4v) is 4.12. The van der Waals surface area contributed by atoms with Crippen LogP contribution in [0.15, 0.2) is 29.6 Å². The normalized spacial score (nSPS) is 16.0. The largest absolute Gasteiger partial charge is 0.433 e. The summed E-state index contributed by atoms with van der Waals surface area (Å²) in [7, 11) is 0.153. The molecule has 0 aliphatic heterocycles. The van der Waals surface area contributed by atoms with Crippen molar-refractivity contribution >= 4 is 10.8 Å². The van der Waals surface area contributed by atoms with Crippen molar-refractivity contribution in [3.05, 3.63) is 35.9 Å². The predicted molar refractivity (Wildman–Crippen MR) is 104 cm³/mol. The lowest BCUT2D eigenvalue weighted by Crippen LogP contribution is -2.10. The number of nitrogens with zero attached hydrogens (tertiary/aromatic N) is 7. The van der Waals surface area contributed by atoms with E-state index in [1.165, 1.54) is 4.57 Å². The van der Waals surface area contributed by atoms with Crippen molar-refractivity contribution in [1.29, 1.82) is 5.26 Å². The molecule has 1 fully saturated rings. The van der Waals surface area contributed by atoms with Crippen LogP contribution in [0.25, 0.3) is 23.0 Å². The Morgan fingerprint density at radius 3 is 2.52 bits per heavy atom. The fourth-order valence-electron chi connectivity index (χ4n) is 3.19. The zero-order valence-electron chi connectivity index (χ0n) is 16.5. The molecule has 0 aromatic carbocycles. The molecule has 1 aliphatic carbocycles. The first-order chi connectivity index (χ1) is 14.7. The zero-order chi connectivity index (χ0) is 22.4. The van der Waals surface area contributed by atoms with Gasteiger partial charge in [0.1, 0.15) is 23.4 Å². The number of alkyl halides is 3. The maximum atomic E-state index is 13.0. The standard InChI is InChI=1S/C19H16F3N7OS/c1-3-31(30)13-6-11(18(9-23)4-5-18)8-24-15(13)17-28-27-16(29(17)2)12-7-14(19(20,21)22)26-10-25-12/h6-8,10H,3-5H2,1-2H3. The van der Waals surface area contributed by atoms with E-state index in [1.54, 1.807) is 26.2 Å². The van der Waals surface area contributed by atoms with E-state index in [1.807, 2.05) is 0 Å². The molecule has 0 amide bonds. The van der Waals surface area contributed by atoms with Gasteiger partial charge in [0.05, 0.1) is 27.2 Å². The van der Waals surface area contributed by atoms with Gasteiger partial charge in [-0.15, -0.1) is 10.2 Å². The van der Waals surface area contributed by atoms with Crippen LogP contribution in [0, 0.1) is 11.3 Å². The first kappa shape index (κ1) is 21.0. The van der Waals surface area contributed by atoms with Crippen LogP contribution in [0.2, 0.25) is 0 Å². The molecule has 12 heteroatoms. The first-order valence-electron chi connectivity index (χ1n) is 9.29. The second-order valence-electron chi connectivity index (χ2n) is 7.09. The Bertz CT molecular complexity index is 1230. The van der Waals surface area contributed by atoms with Gasteiger partial charge in [-0.05, 0) is 30.5 Å². The molecule has 1 unspecified atom stereocenters. The molecule has 4 rings (SSSR count). The summed E-state index contributed by atoms with van der Waals surface area (Å²) >= 11 is 0. The van der Waals surface area contributed by atoms with E-state index in [4.69, 9.17) is 0 Å². The Kier molecular flexibility index (Phi) is 5.09. The zero-order valence-corrected chi connectivity index (χ0v) is 17.3. The van der Waals surface area contributed by atoms with Crippen molar-refractivity contribution < 1.29 is 17.4 Å². The summed E-state index contributed by atoms with van der Waals surface area (Å²) in [5.41, 5.74) is -0.756. The van der Waals surface area contributed by atoms with Crippen LogP contribution < -0.4 is 0 Å². The summed E-state index contributed by atoms with van der Waals surface area (Å²) in [6.45, 7) is 1.76. The molecule has 0 spiro atoms. The van der Waals surface area contributed by atoms with Crippen molar-refractivity contribution in [2.45, 2.75) is 36.3 Å². The lowest BCUT2D eigenvalue weighted by molar-refractivity contribution is -0.141. The molecule has 0 saturated heterocycles. The van der Waals surface area contributed by atoms with Gasteiger partial charge in [0.15, 0.2) is 11.6 Å². The average Bonchev–Trinajstić information content (AvgIpc) is 3.48. The lowest BCUT2D eigenvalue weighted by atomic mass is 9.99. The third kappa shape index (κ3) is 3.69. The molecule has 1 saturated carbocycles. The van der Waals surface area contributed by atoms with Gasteiger partial charge >= 0.3 is 6.18 Å². The number of halogens is 3. The SMILES string of the molecule is CCS(=O)c1cc(C2(C#N)CC2)cnc1-c1nnc(-c2cc(C(F)(F)F)ncn2)n1C. The van der Waals surface area contributed by atoms with Gasteiger partial charge in [-0.1, -0.05) is 6.92 Å². The number of aromatic nitrogens is 6. The number of pyridine rings is 1. The minimum atomic E-state index is -4.62. The quantitative estimate of drug-likeness (QED) is 0.591. The average molecular weight is 447 g/mol. The van der Waals surface area contributed by atoms with Crippen molar-refractivity contribution in [2.75, 3.05) is 5.75 Å². The number of hydrogen-bond acceptors (Lipinski definition) is 7. The van der Waals surface area contributed by atoms with E-state index in [-0.39, 0.29) is 17.3 Å². The van der Waals surface area contributed by atoms with E-state index in [0.29, 0.717) is 34.7 Å². The second-order valence-corrected chi connectivity index (χ2v) is 8.80. The number of nitriles is 1. The molecular formula is C19H16F3N7OS. The molecular weight excluding hydrogens is 431 g/mol. The maximum absolute atomic E-state index is 13.0. The Labute approximate surface area is 177 Å². The monoisotopic (exact) mass is 447 g/mol. The molecule has 0 bridgehead atoms. The summed E-state index contributed by atoms with van der Waals surface area (Å²) in [5.74, 6) is 0.633. The van der Waals surface area contributed by atoms with Crippen LogP contribution >= 0.6 is 0 Å². The van der Waals surface area contributed by atoms with Crippen LogP contribution in [0.5, 0.6) is 0 Å². The van der Waals surface area contributed by atoms with Gasteiger partial charge in [0.2, 0.25) is 0 Å². The molecule has 31 heavy (non-hydrogen) atoms. The molecule has 0 radical (unpaired) electrons. The minimum Gasteiger partial charge on any atom is -0.307 e. The third-order valence-corrected chi connectivity index (χ3v) is 6.48. The summed E-state index contributed by atoms with van der Waals surface area (Å²) < 4.78 is 53.2. The van der Waals surface area contributed by atoms with E-state index < -0.39 is 28.1 Å². The Morgan fingerprint density at radius 1 is 1.19 bits per heavy atom. The minimum absolute atomic E-state index is 0.0558. The fraction of sp³-hybridized carbons (Fsp3) is 0.368. The summed E-state index contributed by atoms with van der Waals surface area (Å²) in [6.07, 6.45) is -0.823. The van der Waals surface area contributed by atoms with Crippen molar-refractivity contribution in [3.8, 4) is 29.1 Å². The van der Waals surface area contributed by atoms with Crippen LogP contribution in [-0.4, -0.2) is 39.7 Å². The smallest absolute Gasteiger partial charge is 0.307 e. The Morgan fingerprint density at radius 2 is 1.90 bits per heavy atom. The summed E-state index contributed by atoms with van der Waals surface area (Å²) in [4.78, 5) is 12.0. The number of rotatable bonds is 5. The highest BCUT2D eigenvalue weighted by atomic mass is 32.2. The molecule has 160 valence electrons. The molecule has 8 nitrogen and oxygen atoms in total. The Hall–Kier alpha value is -3.20. The van der Waals surface area contributed by atoms with Gasteiger partial charge < -0.3 is 4.57 Å². The van der Waals surface area contributed by atoms with Crippen LogP contribution in [0.3, 0.4) is 0 Å². The van der Waals surface area contributed by atoms with Crippen LogP contribution in [0.4, 0.5) is 13.2 Å². The van der Waals surface area contributed by atoms with Gasteiger partial charge in [-0.2, -0.15) is 18.4 Å². The predicted octanol–water partition coefficient (Wildman–Crippen LogP) is 3.04. The van der Waals surface area contributed by atoms with Gasteiger partial charge in [-0.3, -0.25) is 9.19 Å². The van der Waals surface area contributed by atoms with E-state index in [2.05, 4.69) is 31.2 Å². The first-order valence-corrected chi connectivity index (χ1v) is 10.6. The van der Waals surface area contributed by atoms with Crippen molar-refractivity contribution in [3.63, 3.8) is 0 Å². The van der Waals surface area contributed by atoms with Crippen LogP contribution in [0.1, 0.15) is 31.0 Å². The molecule has 3 aromatic heterocycles. The van der Waals surface area contributed by atoms with E-state index in [0.717, 1.165) is 12.4 Å². The summed E-state index contributed by atoms with van der Waals surface area (Å²) in [5, 5.41) is 17.5.